The van der Waals surface area contributed by atoms with Crippen molar-refractivity contribution < 1.29 is 31.8 Å². The molecule has 0 spiro atoms. The van der Waals surface area contributed by atoms with Crippen LogP contribution in [0.3, 0.4) is 0 Å². The maximum atomic E-state index is 14.3. The summed E-state index contributed by atoms with van der Waals surface area (Å²) in [6.45, 7) is 0.0850. The molecule has 0 atom stereocenters. The Bertz CT molecular complexity index is 605. The molecule has 0 heterocycles. The fourth-order valence-corrected chi connectivity index (χ4v) is 2.32. The zero-order chi connectivity index (χ0) is 17.2. The van der Waals surface area contributed by atoms with Crippen molar-refractivity contribution in [1.82, 2.24) is 0 Å². The van der Waals surface area contributed by atoms with E-state index in [1.807, 2.05) is 6.08 Å². The highest BCUT2D eigenvalue weighted by molar-refractivity contribution is 5.47. The maximum Gasteiger partial charge on any atom is 0.573 e. The van der Waals surface area contributed by atoms with Gasteiger partial charge in [0.05, 0.1) is 6.10 Å². The Morgan fingerprint density at radius 1 is 1.08 bits per heavy atom. The molecule has 0 amide bonds. The molecule has 2 saturated carbocycles. The number of benzene rings is 1. The molecule has 132 valence electrons. The molecule has 2 aliphatic rings. The van der Waals surface area contributed by atoms with Crippen LogP contribution in [-0.4, -0.2) is 19.1 Å². The predicted octanol–water partition coefficient (Wildman–Crippen LogP) is 5.00. The second kappa shape index (κ2) is 6.91. The summed E-state index contributed by atoms with van der Waals surface area (Å²) in [5.41, 5.74) is 0. The average molecular weight is 346 g/mol. The first-order valence-electron chi connectivity index (χ1n) is 7.97. The Labute approximate surface area is 137 Å². The standard InChI is InChI=1S/C17H18F4O3/c18-15-13(22-10-2-5-11-3-1-4-11)8-9-14(23-12-6-7-12)16(15)24-17(19,20)21/h2,5,8-9,11-12H,1,3-4,6-7,10H2/b5-2+. The van der Waals surface area contributed by atoms with Crippen molar-refractivity contribution in [3.8, 4) is 17.2 Å². The molecule has 3 rings (SSSR count). The van der Waals surface area contributed by atoms with Crippen LogP contribution in [-0.2, 0) is 0 Å². The van der Waals surface area contributed by atoms with Crippen molar-refractivity contribution in [3.63, 3.8) is 0 Å². The topological polar surface area (TPSA) is 27.7 Å². The Morgan fingerprint density at radius 3 is 2.38 bits per heavy atom. The lowest BCUT2D eigenvalue weighted by Crippen LogP contribution is -2.19. The average Bonchev–Trinajstić information content (AvgIpc) is 3.25. The van der Waals surface area contributed by atoms with Gasteiger partial charge in [0.25, 0.3) is 0 Å². The summed E-state index contributed by atoms with van der Waals surface area (Å²) in [6.07, 6.45) is 3.47. The van der Waals surface area contributed by atoms with E-state index in [-0.39, 0.29) is 24.2 Å². The number of rotatable bonds is 7. The van der Waals surface area contributed by atoms with Crippen molar-refractivity contribution in [1.29, 1.82) is 0 Å². The summed E-state index contributed by atoms with van der Waals surface area (Å²) in [7, 11) is 0. The lowest BCUT2D eigenvalue weighted by molar-refractivity contribution is -0.276. The van der Waals surface area contributed by atoms with Gasteiger partial charge in [0.1, 0.15) is 6.61 Å². The van der Waals surface area contributed by atoms with Gasteiger partial charge in [-0.2, -0.15) is 4.39 Å². The van der Waals surface area contributed by atoms with Gasteiger partial charge in [0, 0.05) is 0 Å². The minimum Gasteiger partial charge on any atom is -0.486 e. The monoisotopic (exact) mass is 346 g/mol. The third-order valence-electron chi connectivity index (χ3n) is 3.95. The molecule has 2 fully saturated rings. The van der Waals surface area contributed by atoms with E-state index in [2.05, 4.69) is 4.74 Å². The maximum absolute atomic E-state index is 14.3. The Balaban J connectivity index is 1.71. The first kappa shape index (κ1) is 16.9. The first-order valence-corrected chi connectivity index (χ1v) is 7.97. The van der Waals surface area contributed by atoms with Gasteiger partial charge in [-0.25, -0.2) is 0 Å². The Hall–Kier alpha value is -1.92. The van der Waals surface area contributed by atoms with Crippen molar-refractivity contribution in [2.75, 3.05) is 6.61 Å². The molecule has 0 aliphatic heterocycles. The number of alkyl halides is 3. The molecule has 0 aromatic heterocycles. The molecular weight excluding hydrogens is 328 g/mol. The van der Waals surface area contributed by atoms with Crippen LogP contribution >= 0.6 is 0 Å². The van der Waals surface area contributed by atoms with Crippen LogP contribution in [0.5, 0.6) is 17.2 Å². The van der Waals surface area contributed by atoms with Crippen LogP contribution in [0.25, 0.3) is 0 Å². The van der Waals surface area contributed by atoms with E-state index in [0.717, 1.165) is 25.7 Å². The van der Waals surface area contributed by atoms with Crippen molar-refractivity contribution in [3.05, 3.63) is 30.1 Å². The summed E-state index contributed by atoms with van der Waals surface area (Å²) in [6, 6.07) is 2.50. The van der Waals surface area contributed by atoms with Crippen LogP contribution in [0.4, 0.5) is 17.6 Å². The molecule has 0 bridgehead atoms. The fourth-order valence-electron chi connectivity index (χ4n) is 2.32. The summed E-state index contributed by atoms with van der Waals surface area (Å²) in [5, 5.41) is 0. The molecule has 0 N–H and O–H groups in total. The zero-order valence-electron chi connectivity index (χ0n) is 12.9. The lowest BCUT2D eigenvalue weighted by Gasteiger charge is -2.21. The first-order chi connectivity index (χ1) is 11.4. The lowest BCUT2D eigenvalue weighted by atomic mass is 9.85. The van der Waals surface area contributed by atoms with Crippen LogP contribution in [0.1, 0.15) is 32.1 Å². The normalized spacial score (nSPS) is 18.5. The number of ether oxygens (including phenoxy) is 3. The highest BCUT2D eigenvalue weighted by atomic mass is 19.4. The van der Waals surface area contributed by atoms with Crippen LogP contribution in [0.15, 0.2) is 24.3 Å². The SMILES string of the molecule is Fc1c(OC/C=C/C2CCC2)ccc(OC2CC2)c1OC(F)(F)F. The van der Waals surface area contributed by atoms with Crippen LogP contribution in [0.2, 0.25) is 0 Å². The van der Waals surface area contributed by atoms with Crippen molar-refractivity contribution >= 4 is 0 Å². The summed E-state index contributed by atoms with van der Waals surface area (Å²) in [4.78, 5) is 0. The number of allylic oxidation sites excluding steroid dienone is 1. The van der Waals surface area contributed by atoms with Crippen molar-refractivity contribution in [2.24, 2.45) is 5.92 Å². The van der Waals surface area contributed by atoms with Crippen LogP contribution < -0.4 is 14.2 Å². The van der Waals surface area contributed by atoms with E-state index in [0.29, 0.717) is 5.92 Å². The van der Waals surface area contributed by atoms with Gasteiger partial charge in [-0.05, 0) is 43.7 Å². The molecule has 0 radical (unpaired) electrons. The van der Waals surface area contributed by atoms with E-state index in [1.54, 1.807) is 6.08 Å². The summed E-state index contributed by atoms with van der Waals surface area (Å²) >= 11 is 0. The molecule has 3 nitrogen and oxygen atoms in total. The molecule has 1 aromatic rings. The minimum atomic E-state index is -5.01. The van der Waals surface area contributed by atoms with Gasteiger partial charge in [0.15, 0.2) is 11.5 Å². The van der Waals surface area contributed by atoms with E-state index in [9.17, 15) is 17.6 Å². The molecule has 2 aliphatic carbocycles. The molecule has 1 aromatic carbocycles. The van der Waals surface area contributed by atoms with Gasteiger partial charge in [-0.1, -0.05) is 18.6 Å². The smallest absolute Gasteiger partial charge is 0.486 e. The molecule has 0 saturated heterocycles. The third-order valence-corrected chi connectivity index (χ3v) is 3.95. The molecule has 0 unspecified atom stereocenters. The highest BCUT2D eigenvalue weighted by Crippen LogP contribution is 2.41. The summed E-state index contributed by atoms with van der Waals surface area (Å²) in [5.74, 6) is -2.21. The Kier molecular flexibility index (Phi) is 4.87. The van der Waals surface area contributed by atoms with Crippen LogP contribution in [0, 0.1) is 11.7 Å². The number of hydrogen-bond donors (Lipinski definition) is 0. The van der Waals surface area contributed by atoms with E-state index >= 15 is 0 Å². The highest BCUT2D eigenvalue weighted by Gasteiger charge is 2.36. The van der Waals surface area contributed by atoms with E-state index in [1.165, 1.54) is 18.6 Å². The van der Waals surface area contributed by atoms with E-state index in [4.69, 9.17) is 9.47 Å². The fraction of sp³-hybridized carbons (Fsp3) is 0.529. The number of hydrogen-bond acceptors (Lipinski definition) is 3. The second-order valence-electron chi connectivity index (χ2n) is 6.00. The molecular formula is C17H18F4O3. The van der Waals surface area contributed by atoms with Gasteiger partial charge < -0.3 is 14.2 Å². The number of halogens is 4. The zero-order valence-corrected chi connectivity index (χ0v) is 12.9. The predicted molar refractivity (Wildman–Crippen MR) is 78.7 cm³/mol. The summed E-state index contributed by atoms with van der Waals surface area (Å²) < 4.78 is 66.2. The quantitative estimate of drug-likeness (QED) is 0.514. The van der Waals surface area contributed by atoms with E-state index < -0.39 is 17.9 Å². The largest absolute Gasteiger partial charge is 0.573 e. The minimum absolute atomic E-state index is 0.0850. The Morgan fingerprint density at radius 2 is 1.79 bits per heavy atom. The van der Waals surface area contributed by atoms with Gasteiger partial charge in [-0.15, -0.1) is 13.2 Å². The van der Waals surface area contributed by atoms with Crippen molar-refractivity contribution in [2.45, 2.75) is 44.6 Å². The van der Waals surface area contributed by atoms with Gasteiger partial charge in [-0.3, -0.25) is 0 Å². The van der Waals surface area contributed by atoms with Gasteiger partial charge in [0.2, 0.25) is 11.6 Å². The molecule has 7 heteroatoms. The third kappa shape index (κ3) is 4.55. The van der Waals surface area contributed by atoms with Gasteiger partial charge >= 0.3 is 6.36 Å². The molecule has 24 heavy (non-hydrogen) atoms. The second-order valence-corrected chi connectivity index (χ2v) is 6.00.